The Morgan fingerprint density at radius 3 is 2.60 bits per heavy atom. The number of carbonyl (C=O) groups is 2. The van der Waals surface area contributed by atoms with Gasteiger partial charge in [0.25, 0.3) is 5.91 Å². The number of carbonyl (C=O) groups excluding carboxylic acids is 2. The monoisotopic (exact) mass is 429 g/mol. The topological polar surface area (TPSA) is 114 Å². The molecule has 0 saturated carbocycles. The van der Waals surface area contributed by atoms with Gasteiger partial charge in [-0.2, -0.15) is 0 Å². The fraction of sp³-hybridized carbons (Fsp3) is 0.300. The van der Waals surface area contributed by atoms with Crippen molar-refractivity contribution >= 4 is 27.5 Å². The first-order valence-corrected chi connectivity index (χ1v) is 11.3. The Morgan fingerprint density at radius 1 is 1.07 bits per heavy atom. The third-order valence-corrected chi connectivity index (χ3v) is 6.22. The van der Waals surface area contributed by atoms with Crippen LogP contribution < -0.4 is 19.5 Å². The molecule has 156 valence electrons. The zero-order chi connectivity index (χ0) is 21.0. The van der Waals surface area contributed by atoms with Gasteiger partial charge in [0.15, 0.2) is 11.5 Å². The highest BCUT2D eigenvalue weighted by Gasteiger charge is 2.43. The van der Waals surface area contributed by atoms with Crippen LogP contribution in [0, 0.1) is 0 Å². The van der Waals surface area contributed by atoms with Gasteiger partial charge in [0.05, 0.1) is 17.5 Å². The van der Waals surface area contributed by atoms with Crippen LogP contribution in [0.1, 0.15) is 16.8 Å². The molecule has 2 N–H and O–H groups in total. The maximum atomic E-state index is 13.3. The third kappa shape index (κ3) is 3.27. The van der Waals surface area contributed by atoms with E-state index in [-0.39, 0.29) is 31.6 Å². The Morgan fingerprint density at radius 2 is 1.80 bits per heavy atom. The summed E-state index contributed by atoms with van der Waals surface area (Å²) in [7, 11) is -3.44. The molecule has 2 amide bonds. The highest BCUT2D eigenvalue weighted by atomic mass is 32.2. The normalized spacial score (nSPS) is 22.4. The van der Waals surface area contributed by atoms with Crippen LogP contribution in [0.2, 0.25) is 0 Å². The zero-order valence-corrected chi connectivity index (χ0v) is 16.9. The number of hydrogen-bond acceptors (Lipinski definition) is 6. The van der Waals surface area contributed by atoms with E-state index < -0.39 is 22.1 Å². The highest BCUT2D eigenvalue weighted by molar-refractivity contribution is 7.88. The van der Waals surface area contributed by atoms with Crippen molar-refractivity contribution in [1.29, 1.82) is 0 Å². The summed E-state index contributed by atoms with van der Waals surface area (Å²) in [6, 6.07) is 9.57. The van der Waals surface area contributed by atoms with Crippen LogP contribution in [0.5, 0.6) is 11.5 Å². The Labute approximate surface area is 173 Å². The molecule has 0 radical (unpaired) electrons. The molecule has 2 atom stereocenters. The molecule has 5 rings (SSSR count). The van der Waals surface area contributed by atoms with Crippen LogP contribution >= 0.6 is 0 Å². The van der Waals surface area contributed by atoms with E-state index in [0.717, 1.165) is 17.4 Å². The number of nitrogens with one attached hydrogen (secondary N) is 2. The predicted molar refractivity (Wildman–Crippen MR) is 108 cm³/mol. The van der Waals surface area contributed by atoms with Gasteiger partial charge in [-0.25, -0.2) is 13.1 Å². The second kappa shape index (κ2) is 6.71. The Balaban J connectivity index is 1.49. The summed E-state index contributed by atoms with van der Waals surface area (Å²) in [4.78, 5) is 27.4. The van der Waals surface area contributed by atoms with Gasteiger partial charge < -0.3 is 19.7 Å². The molecule has 1 saturated heterocycles. The number of nitrogens with zero attached hydrogens (tertiary/aromatic N) is 1. The first-order chi connectivity index (χ1) is 14.3. The van der Waals surface area contributed by atoms with Crippen LogP contribution in [-0.2, 0) is 14.8 Å². The van der Waals surface area contributed by atoms with Gasteiger partial charge in [0.1, 0.15) is 6.04 Å². The average Bonchev–Trinajstić information content (AvgIpc) is 3.30. The second-order valence-electron chi connectivity index (χ2n) is 7.61. The van der Waals surface area contributed by atoms with Gasteiger partial charge in [-0.1, -0.05) is 12.1 Å². The molecule has 9 nitrogen and oxygen atoms in total. The Kier molecular flexibility index (Phi) is 4.23. The number of amides is 2. The van der Waals surface area contributed by atoms with E-state index >= 15 is 0 Å². The summed E-state index contributed by atoms with van der Waals surface area (Å²) in [5, 5.41) is 2.80. The number of rotatable bonds is 3. The number of sulfonamides is 1. The van der Waals surface area contributed by atoms with E-state index in [9.17, 15) is 18.0 Å². The molecule has 0 unspecified atom stereocenters. The van der Waals surface area contributed by atoms with Crippen molar-refractivity contribution in [1.82, 2.24) is 9.62 Å². The predicted octanol–water partition coefficient (Wildman–Crippen LogP) is 1.17. The number of ether oxygens (including phenoxy) is 2. The Bertz CT molecular complexity index is 1180. The van der Waals surface area contributed by atoms with E-state index in [1.807, 2.05) is 24.3 Å². The standard InChI is InChI=1S/C20H19N3O6S/c1-30(26,27)22-13-8-16-19(24)21-15-4-2-11(6-14(15)20(25)23(16)9-13)12-3-5-17-18(7-12)29-10-28-17/h2-7,13,16,22H,8-10H2,1H3,(H,21,24)/t13-,16-/m1/s1. The quantitative estimate of drug-likeness (QED) is 0.757. The first-order valence-electron chi connectivity index (χ1n) is 9.42. The van der Waals surface area contributed by atoms with E-state index in [2.05, 4.69) is 10.0 Å². The van der Waals surface area contributed by atoms with Crippen LogP contribution in [-0.4, -0.2) is 56.8 Å². The lowest BCUT2D eigenvalue weighted by molar-refractivity contribution is -0.119. The summed E-state index contributed by atoms with van der Waals surface area (Å²) >= 11 is 0. The number of fused-ring (bicyclic) bond motifs is 3. The van der Waals surface area contributed by atoms with Crippen molar-refractivity contribution in [3.05, 3.63) is 42.0 Å². The van der Waals surface area contributed by atoms with Gasteiger partial charge >= 0.3 is 0 Å². The first kappa shape index (κ1) is 18.9. The molecule has 3 aliphatic heterocycles. The minimum atomic E-state index is -3.44. The molecule has 3 heterocycles. The fourth-order valence-corrected chi connectivity index (χ4v) is 4.93. The molecule has 0 bridgehead atoms. The van der Waals surface area contributed by atoms with Gasteiger partial charge in [-0.05, 0) is 41.8 Å². The van der Waals surface area contributed by atoms with Crippen LogP contribution in [0.15, 0.2) is 36.4 Å². The smallest absolute Gasteiger partial charge is 0.256 e. The molecule has 3 aliphatic rings. The molecule has 10 heteroatoms. The summed E-state index contributed by atoms with van der Waals surface area (Å²) in [5.74, 6) is 0.669. The number of anilines is 1. The van der Waals surface area contributed by atoms with Gasteiger partial charge in [0, 0.05) is 12.6 Å². The molecule has 1 fully saturated rings. The second-order valence-corrected chi connectivity index (χ2v) is 9.39. The van der Waals surface area contributed by atoms with Gasteiger partial charge in [-0.3, -0.25) is 9.59 Å². The van der Waals surface area contributed by atoms with Crippen molar-refractivity contribution in [3.8, 4) is 22.6 Å². The molecule has 0 aliphatic carbocycles. The molecule has 0 aromatic heterocycles. The highest BCUT2D eigenvalue weighted by Crippen LogP contribution is 2.37. The van der Waals surface area contributed by atoms with Gasteiger partial charge in [0.2, 0.25) is 22.7 Å². The van der Waals surface area contributed by atoms with Crippen molar-refractivity contribution in [2.75, 3.05) is 24.9 Å². The molecule has 2 aromatic rings. The van der Waals surface area contributed by atoms with E-state index in [4.69, 9.17) is 9.47 Å². The van der Waals surface area contributed by atoms with E-state index in [1.165, 1.54) is 4.90 Å². The minimum absolute atomic E-state index is 0.137. The zero-order valence-electron chi connectivity index (χ0n) is 16.0. The lowest BCUT2D eigenvalue weighted by atomic mass is 10.0. The average molecular weight is 429 g/mol. The lowest BCUT2D eigenvalue weighted by Crippen LogP contribution is -2.41. The maximum Gasteiger partial charge on any atom is 0.256 e. The third-order valence-electron chi connectivity index (χ3n) is 5.46. The maximum absolute atomic E-state index is 13.3. The molecule has 0 spiro atoms. The number of benzene rings is 2. The summed E-state index contributed by atoms with van der Waals surface area (Å²) in [6.07, 6.45) is 1.29. The van der Waals surface area contributed by atoms with E-state index in [1.54, 1.807) is 12.1 Å². The summed E-state index contributed by atoms with van der Waals surface area (Å²) in [6.45, 7) is 0.310. The minimum Gasteiger partial charge on any atom is -0.454 e. The van der Waals surface area contributed by atoms with Crippen LogP contribution in [0.3, 0.4) is 0 Å². The van der Waals surface area contributed by atoms with Gasteiger partial charge in [-0.15, -0.1) is 0 Å². The van der Waals surface area contributed by atoms with Crippen molar-refractivity contribution in [2.45, 2.75) is 18.5 Å². The molecule has 2 aromatic carbocycles. The van der Waals surface area contributed by atoms with Crippen molar-refractivity contribution in [3.63, 3.8) is 0 Å². The van der Waals surface area contributed by atoms with Crippen LogP contribution in [0.4, 0.5) is 5.69 Å². The molecular formula is C20H19N3O6S. The SMILES string of the molecule is CS(=O)(=O)N[C@@H]1C[C@@H]2C(=O)Nc3ccc(-c4ccc5c(c4)OCO5)cc3C(=O)N2C1. The fourth-order valence-electron chi connectivity index (χ4n) is 4.15. The number of hydrogen-bond donors (Lipinski definition) is 2. The summed E-state index contributed by atoms with van der Waals surface area (Å²) < 4.78 is 36.4. The molecule has 30 heavy (non-hydrogen) atoms. The van der Waals surface area contributed by atoms with Crippen molar-refractivity contribution in [2.24, 2.45) is 0 Å². The lowest BCUT2D eigenvalue weighted by Gasteiger charge is -2.20. The summed E-state index contributed by atoms with van der Waals surface area (Å²) in [5.41, 5.74) is 2.44. The molecular weight excluding hydrogens is 410 g/mol. The largest absolute Gasteiger partial charge is 0.454 e. The van der Waals surface area contributed by atoms with Crippen molar-refractivity contribution < 1.29 is 27.5 Å². The Hall–Kier alpha value is -3.11. The van der Waals surface area contributed by atoms with E-state index in [0.29, 0.717) is 22.7 Å². The van der Waals surface area contributed by atoms with Crippen LogP contribution in [0.25, 0.3) is 11.1 Å².